The molecule has 0 unspecified atom stereocenters. The van der Waals surface area contributed by atoms with Gasteiger partial charge in [-0.05, 0) is 48.9 Å². The van der Waals surface area contributed by atoms with Crippen molar-refractivity contribution in [2.45, 2.75) is 11.8 Å². The highest BCUT2D eigenvalue weighted by Crippen LogP contribution is 2.25. The molecule has 0 amide bonds. The second kappa shape index (κ2) is 6.78. The summed E-state index contributed by atoms with van der Waals surface area (Å²) in [6, 6.07) is 8.59. The van der Waals surface area contributed by atoms with Gasteiger partial charge in [-0.3, -0.25) is 4.72 Å². The van der Waals surface area contributed by atoms with Gasteiger partial charge in [-0.25, -0.2) is 13.2 Å². The monoisotopic (exact) mass is 373 g/mol. The lowest BCUT2D eigenvalue weighted by Crippen LogP contribution is -2.15. The predicted molar refractivity (Wildman–Crippen MR) is 89.8 cm³/mol. The molecule has 5 nitrogen and oxygen atoms in total. The standard InChI is InChI=1S/C15H13Cl2NO4S/c1-9-7-10(16)3-6-14(9)18-23(20,21)11-4-5-13(17)12(8-11)15(19)22-2/h3-8,18H,1-2H3. The van der Waals surface area contributed by atoms with Gasteiger partial charge in [-0.2, -0.15) is 0 Å². The van der Waals surface area contributed by atoms with Gasteiger partial charge in [-0.15, -0.1) is 0 Å². The molecule has 2 aromatic carbocycles. The van der Waals surface area contributed by atoms with Gasteiger partial charge in [0.05, 0.1) is 28.3 Å². The Morgan fingerprint density at radius 2 is 1.83 bits per heavy atom. The van der Waals surface area contributed by atoms with Crippen molar-refractivity contribution in [3.05, 3.63) is 57.6 Å². The summed E-state index contributed by atoms with van der Waals surface area (Å²) in [5.74, 6) is -0.713. The first-order valence-corrected chi connectivity index (χ1v) is 8.65. The van der Waals surface area contributed by atoms with E-state index >= 15 is 0 Å². The third kappa shape index (κ3) is 3.96. The van der Waals surface area contributed by atoms with Crippen LogP contribution in [-0.2, 0) is 14.8 Å². The lowest BCUT2D eigenvalue weighted by Gasteiger charge is -2.12. The van der Waals surface area contributed by atoms with Gasteiger partial charge < -0.3 is 4.74 Å². The maximum Gasteiger partial charge on any atom is 0.339 e. The van der Waals surface area contributed by atoms with Gasteiger partial charge in [0.2, 0.25) is 0 Å². The van der Waals surface area contributed by atoms with E-state index in [-0.39, 0.29) is 15.5 Å². The normalized spacial score (nSPS) is 11.1. The Kier molecular flexibility index (Phi) is 5.19. The van der Waals surface area contributed by atoms with Gasteiger partial charge in [0.25, 0.3) is 10.0 Å². The van der Waals surface area contributed by atoms with Crippen LogP contribution < -0.4 is 4.72 Å². The van der Waals surface area contributed by atoms with Gasteiger partial charge in [0, 0.05) is 5.02 Å². The Morgan fingerprint density at radius 1 is 1.13 bits per heavy atom. The van der Waals surface area contributed by atoms with Crippen LogP contribution in [0.1, 0.15) is 15.9 Å². The van der Waals surface area contributed by atoms with Crippen molar-refractivity contribution < 1.29 is 17.9 Å². The summed E-state index contributed by atoms with van der Waals surface area (Å²) in [5.41, 5.74) is 1.04. The second-order valence-electron chi connectivity index (χ2n) is 4.70. The quantitative estimate of drug-likeness (QED) is 0.825. The van der Waals surface area contributed by atoms with Crippen molar-refractivity contribution in [3.8, 4) is 0 Å². The number of nitrogens with one attached hydrogen (secondary N) is 1. The van der Waals surface area contributed by atoms with Gasteiger partial charge in [0.1, 0.15) is 0 Å². The average Bonchev–Trinajstić information content (AvgIpc) is 2.49. The van der Waals surface area contributed by atoms with E-state index < -0.39 is 16.0 Å². The molecule has 0 saturated carbocycles. The van der Waals surface area contributed by atoms with Crippen LogP contribution in [-0.4, -0.2) is 21.5 Å². The zero-order valence-corrected chi connectivity index (χ0v) is 14.6. The molecule has 0 spiro atoms. The number of esters is 1. The highest BCUT2D eigenvalue weighted by Gasteiger charge is 2.20. The molecule has 0 aliphatic carbocycles. The zero-order chi connectivity index (χ0) is 17.2. The van der Waals surface area contributed by atoms with E-state index in [4.69, 9.17) is 23.2 Å². The number of benzene rings is 2. The van der Waals surface area contributed by atoms with Crippen LogP contribution >= 0.6 is 23.2 Å². The molecule has 2 aromatic rings. The summed E-state index contributed by atoms with van der Waals surface area (Å²) in [4.78, 5) is 11.5. The number of methoxy groups -OCH3 is 1. The molecule has 0 fully saturated rings. The minimum absolute atomic E-state index is 0.0233. The van der Waals surface area contributed by atoms with Crippen molar-refractivity contribution >= 4 is 44.9 Å². The number of carbonyl (C=O) groups excluding carboxylic acids is 1. The summed E-state index contributed by atoms with van der Waals surface area (Å²) in [6.07, 6.45) is 0. The van der Waals surface area contributed by atoms with Crippen LogP contribution in [0.2, 0.25) is 10.0 Å². The van der Waals surface area contributed by atoms with Crippen molar-refractivity contribution in [2.75, 3.05) is 11.8 Å². The number of sulfonamides is 1. The molecule has 0 radical (unpaired) electrons. The van der Waals surface area contributed by atoms with Gasteiger partial charge in [-0.1, -0.05) is 23.2 Å². The van der Waals surface area contributed by atoms with Crippen molar-refractivity contribution in [2.24, 2.45) is 0 Å². The molecule has 8 heteroatoms. The maximum atomic E-state index is 12.5. The Morgan fingerprint density at radius 3 is 2.43 bits per heavy atom. The topological polar surface area (TPSA) is 72.5 Å². The molecule has 0 aromatic heterocycles. The van der Waals surface area contributed by atoms with Crippen molar-refractivity contribution in [1.29, 1.82) is 0 Å². The third-order valence-corrected chi connectivity index (χ3v) is 5.01. The first kappa shape index (κ1) is 17.6. The molecule has 0 aliphatic heterocycles. The number of hydrogen-bond donors (Lipinski definition) is 1. The molecule has 23 heavy (non-hydrogen) atoms. The predicted octanol–water partition coefficient (Wildman–Crippen LogP) is 3.89. The number of carbonyl (C=O) groups is 1. The van der Waals surface area contributed by atoms with Crippen molar-refractivity contribution in [3.63, 3.8) is 0 Å². The van der Waals surface area contributed by atoms with E-state index in [1.165, 1.54) is 25.3 Å². The van der Waals surface area contributed by atoms with Crippen LogP contribution in [0.25, 0.3) is 0 Å². The van der Waals surface area contributed by atoms with Gasteiger partial charge >= 0.3 is 5.97 Å². The van der Waals surface area contributed by atoms with Crippen molar-refractivity contribution in [1.82, 2.24) is 0 Å². The van der Waals surface area contributed by atoms with E-state index in [0.717, 1.165) is 0 Å². The molecule has 0 saturated heterocycles. The molecule has 1 N–H and O–H groups in total. The molecule has 0 aliphatic rings. The third-order valence-electron chi connectivity index (χ3n) is 3.09. The van der Waals surface area contributed by atoms with E-state index in [1.54, 1.807) is 25.1 Å². The fraction of sp³-hybridized carbons (Fsp3) is 0.133. The number of rotatable bonds is 4. The Balaban J connectivity index is 2.42. The average molecular weight is 374 g/mol. The van der Waals surface area contributed by atoms with Crippen LogP contribution in [0, 0.1) is 6.92 Å². The highest BCUT2D eigenvalue weighted by molar-refractivity contribution is 7.92. The SMILES string of the molecule is COC(=O)c1cc(S(=O)(=O)Nc2ccc(Cl)cc2C)ccc1Cl. The summed E-state index contributed by atoms with van der Waals surface area (Å²) in [7, 11) is -2.70. The Bertz CT molecular complexity index is 866. The Labute approximate surface area is 144 Å². The fourth-order valence-corrected chi connectivity index (χ4v) is 3.46. The number of anilines is 1. The number of halogens is 2. The lowest BCUT2D eigenvalue weighted by molar-refractivity contribution is 0.0600. The molecule has 2 rings (SSSR count). The maximum absolute atomic E-state index is 12.5. The minimum atomic E-state index is -3.89. The molecular formula is C15H13Cl2NO4S. The first-order valence-electron chi connectivity index (χ1n) is 6.41. The molecule has 0 bridgehead atoms. The summed E-state index contributed by atoms with van der Waals surface area (Å²) >= 11 is 11.7. The van der Waals surface area contributed by atoms with E-state index in [9.17, 15) is 13.2 Å². The van der Waals surface area contributed by atoms with Crippen LogP contribution in [0.4, 0.5) is 5.69 Å². The molecule has 0 heterocycles. The summed E-state index contributed by atoms with van der Waals surface area (Å²) in [6.45, 7) is 1.73. The fourth-order valence-electron chi connectivity index (χ4n) is 1.88. The number of hydrogen-bond acceptors (Lipinski definition) is 4. The van der Waals surface area contributed by atoms with Crippen LogP contribution in [0.15, 0.2) is 41.3 Å². The van der Waals surface area contributed by atoms with Gasteiger partial charge in [0.15, 0.2) is 0 Å². The van der Waals surface area contributed by atoms with E-state index in [2.05, 4.69) is 9.46 Å². The number of aryl methyl sites for hydroxylation is 1. The molecule has 0 atom stereocenters. The Hall–Kier alpha value is -1.76. The smallest absolute Gasteiger partial charge is 0.339 e. The van der Waals surface area contributed by atoms with Crippen LogP contribution in [0.3, 0.4) is 0 Å². The first-order chi connectivity index (χ1) is 10.7. The van der Waals surface area contributed by atoms with E-state index in [0.29, 0.717) is 16.3 Å². The highest BCUT2D eigenvalue weighted by atomic mass is 35.5. The summed E-state index contributed by atoms with van der Waals surface area (Å²) < 4.78 is 32.0. The minimum Gasteiger partial charge on any atom is -0.465 e. The largest absolute Gasteiger partial charge is 0.465 e. The van der Waals surface area contributed by atoms with Crippen LogP contribution in [0.5, 0.6) is 0 Å². The summed E-state index contributed by atoms with van der Waals surface area (Å²) in [5, 5.41) is 0.614. The molecular weight excluding hydrogens is 361 g/mol. The lowest BCUT2D eigenvalue weighted by atomic mass is 10.2. The second-order valence-corrected chi connectivity index (χ2v) is 7.22. The number of ether oxygens (including phenoxy) is 1. The van der Waals surface area contributed by atoms with E-state index in [1.807, 2.05) is 0 Å². The zero-order valence-electron chi connectivity index (χ0n) is 12.3. The molecule has 122 valence electrons.